The molecule has 1 N–H and O–H groups in total. The Morgan fingerprint density at radius 1 is 1.13 bits per heavy atom. The Morgan fingerprint density at radius 3 is 2.57 bits per heavy atom. The molecule has 1 aliphatic rings. The van der Waals surface area contributed by atoms with Gasteiger partial charge in [0.05, 0.1) is 23.9 Å². The predicted molar refractivity (Wildman–Crippen MR) is 90.9 cm³/mol. The first-order valence-electron chi connectivity index (χ1n) is 7.53. The van der Waals surface area contributed by atoms with Crippen LogP contribution in [-0.2, 0) is 0 Å². The molecule has 120 valence electrons. The Bertz CT molecular complexity index is 758. The molecule has 3 rings (SSSR count). The summed E-state index contributed by atoms with van der Waals surface area (Å²) in [5.41, 5.74) is 3.17. The molecule has 0 atom stereocenters. The number of halogens is 1. The monoisotopic (exact) mass is 331 g/mol. The second-order valence-electron chi connectivity index (χ2n) is 5.53. The number of anilines is 1. The van der Waals surface area contributed by atoms with E-state index in [1.807, 2.05) is 26.0 Å². The number of aryl methyl sites for hydroxylation is 1. The van der Waals surface area contributed by atoms with Gasteiger partial charge < -0.3 is 14.8 Å². The van der Waals surface area contributed by atoms with Crippen LogP contribution in [-0.4, -0.2) is 19.1 Å². The molecular formula is C18H18ClNO3. The molecule has 0 spiro atoms. The van der Waals surface area contributed by atoms with E-state index in [2.05, 4.69) is 5.32 Å². The Labute approximate surface area is 140 Å². The second kappa shape index (κ2) is 6.50. The number of rotatable bonds is 2. The van der Waals surface area contributed by atoms with Gasteiger partial charge >= 0.3 is 0 Å². The van der Waals surface area contributed by atoms with Crippen molar-refractivity contribution in [3.8, 4) is 11.5 Å². The number of amides is 1. The highest BCUT2D eigenvalue weighted by Crippen LogP contribution is 2.37. The van der Waals surface area contributed by atoms with Gasteiger partial charge in [-0.1, -0.05) is 23.7 Å². The highest BCUT2D eigenvalue weighted by Gasteiger charge is 2.17. The zero-order valence-electron chi connectivity index (χ0n) is 13.1. The van der Waals surface area contributed by atoms with E-state index < -0.39 is 0 Å². The number of ether oxygens (including phenoxy) is 2. The van der Waals surface area contributed by atoms with Crippen molar-refractivity contribution in [2.75, 3.05) is 18.5 Å². The lowest BCUT2D eigenvalue weighted by Crippen LogP contribution is -2.14. The maximum atomic E-state index is 12.5. The average molecular weight is 332 g/mol. The molecule has 0 aliphatic carbocycles. The van der Waals surface area contributed by atoms with E-state index in [1.165, 1.54) is 0 Å². The molecule has 2 aromatic carbocycles. The maximum absolute atomic E-state index is 12.5. The number of carbonyl (C=O) groups is 1. The largest absolute Gasteiger partial charge is 0.490 e. The molecule has 23 heavy (non-hydrogen) atoms. The number of nitrogens with one attached hydrogen (secondary N) is 1. The van der Waals surface area contributed by atoms with E-state index >= 15 is 0 Å². The normalized spacial score (nSPS) is 13.3. The van der Waals surface area contributed by atoms with Crippen LogP contribution in [0.1, 0.15) is 27.9 Å². The van der Waals surface area contributed by atoms with Crippen molar-refractivity contribution in [2.24, 2.45) is 0 Å². The molecule has 0 fully saturated rings. The van der Waals surface area contributed by atoms with Crippen LogP contribution in [0.2, 0.25) is 5.02 Å². The summed E-state index contributed by atoms with van der Waals surface area (Å²) in [5, 5.41) is 3.28. The second-order valence-corrected chi connectivity index (χ2v) is 5.94. The lowest BCUT2D eigenvalue weighted by Gasteiger charge is -2.13. The molecule has 0 saturated heterocycles. The van der Waals surface area contributed by atoms with E-state index in [-0.39, 0.29) is 5.91 Å². The fourth-order valence-electron chi connectivity index (χ4n) is 2.47. The number of hydrogen-bond donors (Lipinski definition) is 1. The topological polar surface area (TPSA) is 47.6 Å². The van der Waals surface area contributed by atoms with E-state index in [1.54, 1.807) is 18.2 Å². The minimum absolute atomic E-state index is 0.192. The minimum Gasteiger partial charge on any atom is -0.490 e. The first-order valence-corrected chi connectivity index (χ1v) is 7.91. The summed E-state index contributed by atoms with van der Waals surface area (Å²) < 4.78 is 11.2. The molecule has 0 saturated carbocycles. The van der Waals surface area contributed by atoms with Gasteiger partial charge in [0.15, 0.2) is 11.5 Å². The van der Waals surface area contributed by atoms with Gasteiger partial charge in [-0.25, -0.2) is 0 Å². The molecule has 5 heteroatoms. The molecular weight excluding hydrogens is 314 g/mol. The van der Waals surface area contributed by atoms with E-state index in [0.717, 1.165) is 17.5 Å². The van der Waals surface area contributed by atoms with Crippen LogP contribution in [0, 0.1) is 13.8 Å². The van der Waals surface area contributed by atoms with Gasteiger partial charge in [0.2, 0.25) is 0 Å². The smallest absolute Gasteiger partial charge is 0.255 e. The van der Waals surface area contributed by atoms with Crippen molar-refractivity contribution in [3.63, 3.8) is 0 Å². The Balaban J connectivity index is 1.89. The summed E-state index contributed by atoms with van der Waals surface area (Å²) >= 11 is 6.27. The van der Waals surface area contributed by atoms with Crippen molar-refractivity contribution >= 4 is 23.2 Å². The maximum Gasteiger partial charge on any atom is 0.255 e. The average Bonchev–Trinajstić information content (AvgIpc) is 2.75. The summed E-state index contributed by atoms with van der Waals surface area (Å²) in [5.74, 6) is 1.02. The van der Waals surface area contributed by atoms with E-state index in [4.69, 9.17) is 21.1 Å². The molecule has 1 aliphatic heterocycles. The van der Waals surface area contributed by atoms with Gasteiger partial charge in [0, 0.05) is 24.1 Å². The Morgan fingerprint density at radius 2 is 1.83 bits per heavy atom. The highest BCUT2D eigenvalue weighted by atomic mass is 35.5. The van der Waals surface area contributed by atoms with Crippen molar-refractivity contribution < 1.29 is 14.3 Å². The molecule has 0 aromatic heterocycles. The Kier molecular flexibility index (Phi) is 4.44. The number of hydrogen-bond acceptors (Lipinski definition) is 3. The molecule has 0 radical (unpaired) electrons. The summed E-state index contributed by atoms with van der Waals surface area (Å²) in [6.07, 6.45) is 0.816. The van der Waals surface area contributed by atoms with Crippen molar-refractivity contribution in [1.29, 1.82) is 0 Å². The first kappa shape index (κ1) is 15.7. The first-order chi connectivity index (χ1) is 11.1. The van der Waals surface area contributed by atoms with Crippen LogP contribution >= 0.6 is 11.6 Å². The molecule has 1 amide bonds. The molecule has 1 heterocycles. The van der Waals surface area contributed by atoms with Gasteiger partial charge in [-0.2, -0.15) is 0 Å². The minimum atomic E-state index is -0.192. The highest BCUT2D eigenvalue weighted by molar-refractivity contribution is 6.34. The lowest BCUT2D eigenvalue weighted by molar-refractivity contribution is 0.102. The summed E-state index contributed by atoms with van der Waals surface area (Å²) in [4.78, 5) is 12.5. The quantitative estimate of drug-likeness (QED) is 0.888. The van der Waals surface area contributed by atoms with Gasteiger partial charge in [-0.3, -0.25) is 4.79 Å². The third kappa shape index (κ3) is 3.27. The predicted octanol–water partition coefficient (Wildman–Crippen LogP) is 4.37. The van der Waals surface area contributed by atoms with E-state index in [0.29, 0.717) is 41.0 Å². The standard InChI is InChI=1S/C18H18ClNO3/c1-11-5-3-6-13(12(11)2)18(21)20-15-10-17-16(9-14(15)19)22-7-4-8-23-17/h3,5-6,9-10H,4,7-8H2,1-2H3,(H,20,21). The number of fused-ring (bicyclic) bond motifs is 1. The third-order valence-electron chi connectivity index (χ3n) is 3.93. The van der Waals surface area contributed by atoms with Crippen molar-refractivity contribution in [2.45, 2.75) is 20.3 Å². The Hall–Kier alpha value is -2.20. The number of benzene rings is 2. The fourth-order valence-corrected chi connectivity index (χ4v) is 2.67. The van der Waals surface area contributed by atoms with Crippen LogP contribution in [0.4, 0.5) is 5.69 Å². The summed E-state index contributed by atoms with van der Waals surface area (Å²) in [6.45, 7) is 5.09. The van der Waals surface area contributed by atoms with E-state index in [9.17, 15) is 4.79 Å². The van der Waals surface area contributed by atoms with Crippen LogP contribution < -0.4 is 14.8 Å². The van der Waals surface area contributed by atoms with Gasteiger partial charge in [-0.05, 0) is 31.0 Å². The molecule has 0 bridgehead atoms. The van der Waals surface area contributed by atoms with Crippen molar-refractivity contribution in [3.05, 3.63) is 52.0 Å². The molecule has 2 aromatic rings. The molecule has 0 unspecified atom stereocenters. The SMILES string of the molecule is Cc1cccc(C(=O)Nc2cc3c(cc2Cl)OCCCO3)c1C. The van der Waals surface area contributed by atoms with Crippen LogP contribution in [0.15, 0.2) is 30.3 Å². The lowest BCUT2D eigenvalue weighted by atomic mass is 10.0. The van der Waals surface area contributed by atoms with Crippen LogP contribution in [0.3, 0.4) is 0 Å². The molecule has 4 nitrogen and oxygen atoms in total. The summed E-state index contributed by atoms with van der Waals surface area (Å²) in [6, 6.07) is 9.04. The van der Waals surface area contributed by atoms with Gasteiger partial charge in [-0.15, -0.1) is 0 Å². The fraction of sp³-hybridized carbons (Fsp3) is 0.278. The van der Waals surface area contributed by atoms with Crippen LogP contribution in [0.25, 0.3) is 0 Å². The zero-order chi connectivity index (χ0) is 16.4. The zero-order valence-corrected chi connectivity index (χ0v) is 13.9. The third-order valence-corrected chi connectivity index (χ3v) is 4.25. The van der Waals surface area contributed by atoms with Crippen LogP contribution in [0.5, 0.6) is 11.5 Å². The number of carbonyl (C=O) groups excluding carboxylic acids is 1. The van der Waals surface area contributed by atoms with Gasteiger partial charge in [0.25, 0.3) is 5.91 Å². The van der Waals surface area contributed by atoms with Crippen molar-refractivity contribution in [1.82, 2.24) is 0 Å². The van der Waals surface area contributed by atoms with Gasteiger partial charge in [0.1, 0.15) is 0 Å². The summed E-state index contributed by atoms with van der Waals surface area (Å²) in [7, 11) is 0.